The number of methoxy groups -OCH3 is 1. The molecule has 6 nitrogen and oxygen atoms in total. The van der Waals surface area contributed by atoms with Crippen LogP contribution in [0, 0.1) is 17.2 Å². The molecule has 0 bridgehead atoms. The molecule has 0 saturated carbocycles. The number of ether oxygens (including phenoxy) is 1. The van der Waals surface area contributed by atoms with Crippen molar-refractivity contribution in [3.8, 4) is 11.8 Å². The molecule has 2 amide bonds. The van der Waals surface area contributed by atoms with Crippen molar-refractivity contribution in [3.05, 3.63) is 65.4 Å². The van der Waals surface area contributed by atoms with E-state index in [-0.39, 0.29) is 11.8 Å². The Morgan fingerprint density at radius 3 is 2.17 bits per heavy atom. The number of rotatable bonds is 4. The molecule has 0 aliphatic carbocycles. The van der Waals surface area contributed by atoms with Crippen molar-refractivity contribution in [2.45, 2.75) is 19.8 Å². The van der Waals surface area contributed by atoms with Crippen LogP contribution in [0.3, 0.4) is 0 Å². The second-order valence-corrected chi connectivity index (χ2v) is 7.73. The Morgan fingerprint density at radius 2 is 1.60 bits per heavy atom. The van der Waals surface area contributed by atoms with E-state index in [1.54, 1.807) is 43.5 Å². The van der Waals surface area contributed by atoms with Crippen LogP contribution in [-0.2, 0) is 9.59 Å². The maximum Gasteiger partial charge on any atom is 0.282 e. The number of hydrogen-bond donors (Lipinski definition) is 0. The fraction of sp³-hybridized carbons (Fsp3) is 0.292. The fourth-order valence-corrected chi connectivity index (χ4v) is 3.98. The van der Waals surface area contributed by atoms with Crippen LogP contribution >= 0.6 is 0 Å². The van der Waals surface area contributed by atoms with Gasteiger partial charge >= 0.3 is 0 Å². The summed E-state index contributed by atoms with van der Waals surface area (Å²) < 4.78 is 5.23. The van der Waals surface area contributed by atoms with Gasteiger partial charge in [0.2, 0.25) is 0 Å². The summed E-state index contributed by atoms with van der Waals surface area (Å²) in [5, 5.41) is 9.04. The third-order valence-electron chi connectivity index (χ3n) is 5.79. The molecule has 0 atom stereocenters. The average Bonchev–Trinajstić information content (AvgIpc) is 3.04. The Balaban J connectivity index is 1.78. The molecule has 0 aromatic heterocycles. The molecule has 2 heterocycles. The van der Waals surface area contributed by atoms with Crippen LogP contribution in [0.25, 0.3) is 5.57 Å². The molecule has 2 aromatic carbocycles. The third-order valence-corrected chi connectivity index (χ3v) is 5.79. The van der Waals surface area contributed by atoms with Crippen molar-refractivity contribution in [1.82, 2.24) is 4.90 Å². The standard InChI is InChI=1S/C24H23N3O3/c1-16-11-13-26(14-12-16)22-21(18-5-9-20(30-2)10-6-18)23(28)27(24(22)29)19-7-3-17(15-25)4-8-19/h3-10,16H,11-14H2,1-2H3. The van der Waals surface area contributed by atoms with Crippen LogP contribution in [0.5, 0.6) is 5.75 Å². The number of benzene rings is 2. The number of imide groups is 1. The van der Waals surface area contributed by atoms with Crippen LogP contribution in [0.4, 0.5) is 5.69 Å². The quantitative estimate of drug-likeness (QED) is 0.732. The van der Waals surface area contributed by atoms with Crippen LogP contribution in [-0.4, -0.2) is 36.9 Å². The van der Waals surface area contributed by atoms with E-state index < -0.39 is 0 Å². The summed E-state index contributed by atoms with van der Waals surface area (Å²) in [5.74, 6) is 0.634. The number of amides is 2. The lowest BCUT2D eigenvalue weighted by Gasteiger charge is -2.32. The van der Waals surface area contributed by atoms with Gasteiger partial charge in [0.25, 0.3) is 11.8 Å². The Morgan fingerprint density at radius 1 is 0.967 bits per heavy atom. The zero-order valence-electron chi connectivity index (χ0n) is 17.1. The van der Waals surface area contributed by atoms with Gasteiger partial charge in [-0.25, -0.2) is 4.90 Å². The van der Waals surface area contributed by atoms with Gasteiger partial charge < -0.3 is 9.64 Å². The van der Waals surface area contributed by atoms with Gasteiger partial charge in [0.05, 0.1) is 30.0 Å². The summed E-state index contributed by atoms with van der Waals surface area (Å²) in [7, 11) is 1.59. The highest BCUT2D eigenvalue weighted by Gasteiger charge is 2.42. The number of nitrogens with zero attached hydrogens (tertiary/aromatic N) is 3. The maximum atomic E-state index is 13.5. The molecule has 0 N–H and O–H groups in total. The second kappa shape index (κ2) is 8.03. The third kappa shape index (κ3) is 3.43. The molecule has 2 aromatic rings. The molecule has 0 spiro atoms. The lowest BCUT2D eigenvalue weighted by atomic mass is 9.97. The van der Waals surface area contributed by atoms with E-state index in [2.05, 4.69) is 13.0 Å². The summed E-state index contributed by atoms with van der Waals surface area (Å²) in [5.41, 5.74) is 2.52. The number of carbonyl (C=O) groups excluding carboxylic acids is 2. The van der Waals surface area contributed by atoms with Crippen molar-refractivity contribution < 1.29 is 14.3 Å². The van der Waals surface area contributed by atoms with Gasteiger partial charge in [-0.3, -0.25) is 9.59 Å². The number of likely N-dealkylation sites (tertiary alicyclic amines) is 1. The summed E-state index contributed by atoms with van der Waals surface area (Å²) in [4.78, 5) is 30.2. The average molecular weight is 401 g/mol. The van der Waals surface area contributed by atoms with Gasteiger partial charge in [-0.1, -0.05) is 19.1 Å². The monoisotopic (exact) mass is 401 g/mol. The molecule has 1 fully saturated rings. The second-order valence-electron chi connectivity index (χ2n) is 7.73. The molecule has 2 aliphatic heterocycles. The highest BCUT2D eigenvalue weighted by Crippen LogP contribution is 2.36. The van der Waals surface area contributed by atoms with Gasteiger partial charge in [0.1, 0.15) is 11.4 Å². The Bertz CT molecular complexity index is 1040. The minimum absolute atomic E-state index is 0.315. The van der Waals surface area contributed by atoms with Crippen molar-refractivity contribution in [2.24, 2.45) is 5.92 Å². The van der Waals surface area contributed by atoms with Crippen LogP contribution in [0.1, 0.15) is 30.9 Å². The molecule has 1 saturated heterocycles. The molecule has 0 unspecified atom stereocenters. The largest absolute Gasteiger partial charge is 0.497 e. The normalized spacial score (nSPS) is 17.5. The fourth-order valence-electron chi connectivity index (χ4n) is 3.98. The molecule has 152 valence electrons. The first-order chi connectivity index (χ1) is 14.5. The van der Waals surface area contributed by atoms with Crippen LogP contribution in [0.2, 0.25) is 0 Å². The van der Waals surface area contributed by atoms with Crippen molar-refractivity contribution in [3.63, 3.8) is 0 Å². The van der Waals surface area contributed by atoms with Crippen molar-refractivity contribution in [1.29, 1.82) is 5.26 Å². The highest BCUT2D eigenvalue weighted by atomic mass is 16.5. The van der Waals surface area contributed by atoms with E-state index in [1.165, 1.54) is 4.90 Å². The van der Waals surface area contributed by atoms with Crippen molar-refractivity contribution in [2.75, 3.05) is 25.1 Å². The maximum absolute atomic E-state index is 13.5. The lowest BCUT2D eigenvalue weighted by Crippen LogP contribution is -2.38. The summed E-state index contributed by atoms with van der Waals surface area (Å²) >= 11 is 0. The Labute approximate surface area is 176 Å². The van der Waals surface area contributed by atoms with Gasteiger partial charge in [-0.05, 0) is 60.7 Å². The summed E-state index contributed by atoms with van der Waals surface area (Å²) in [6, 6.07) is 15.8. The SMILES string of the molecule is COc1ccc(C2=C(N3CCC(C)CC3)C(=O)N(c3ccc(C#N)cc3)C2=O)cc1. The number of hydrogen-bond acceptors (Lipinski definition) is 5. The minimum Gasteiger partial charge on any atom is -0.497 e. The topological polar surface area (TPSA) is 73.6 Å². The molecule has 6 heteroatoms. The molecule has 30 heavy (non-hydrogen) atoms. The molecular weight excluding hydrogens is 378 g/mol. The van der Waals surface area contributed by atoms with E-state index >= 15 is 0 Å². The lowest BCUT2D eigenvalue weighted by molar-refractivity contribution is -0.120. The molecule has 4 rings (SSSR count). The van der Waals surface area contributed by atoms with Crippen LogP contribution < -0.4 is 9.64 Å². The summed E-state index contributed by atoms with van der Waals surface area (Å²) in [6.07, 6.45) is 1.97. The van der Waals surface area contributed by atoms with E-state index in [4.69, 9.17) is 10.00 Å². The Kier molecular flexibility index (Phi) is 5.28. The van der Waals surface area contributed by atoms with E-state index in [9.17, 15) is 9.59 Å². The van der Waals surface area contributed by atoms with Gasteiger partial charge in [0.15, 0.2) is 0 Å². The number of anilines is 1. The molecular formula is C24H23N3O3. The first-order valence-corrected chi connectivity index (χ1v) is 10.1. The van der Waals surface area contributed by atoms with E-state index in [1.807, 2.05) is 17.0 Å². The predicted molar refractivity (Wildman–Crippen MR) is 114 cm³/mol. The number of nitriles is 1. The van der Waals surface area contributed by atoms with E-state index in [0.29, 0.717) is 39.8 Å². The zero-order chi connectivity index (χ0) is 21.3. The highest BCUT2D eigenvalue weighted by molar-refractivity contribution is 6.45. The van der Waals surface area contributed by atoms with Crippen molar-refractivity contribution >= 4 is 23.1 Å². The smallest absolute Gasteiger partial charge is 0.282 e. The molecule has 0 radical (unpaired) electrons. The van der Waals surface area contributed by atoms with Crippen LogP contribution in [0.15, 0.2) is 54.2 Å². The van der Waals surface area contributed by atoms with E-state index in [0.717, 1.165) is 25.9 Å². The Hall–Kier alpha value is -3.59. The first-order valence-electron chi connectivity index (χ1n) is 10.1. The van der Waals surface area contributed by atoms with Gasteiger partial charge in [0, 0.05) is 13.1 Å². The van der Waals surface area contributed by atoms with Gasteiger partial charge in [-0.15, -0.1) is 0 Å². The number of carbonyl (C=O) groups is 2. The van der Waals surface area contributed by atoms with Gasteiger partial charge in [-0.2, -0.15) is 5.26 Å². The zero-order valence-corrected chi connectivity index (χ0v) is 17.1. The summed E-state index contributed by atoms with van der Waals surface area (Å²) in [6.45, 7) is 3.70. The molecule has 2 aliphatic rings. The number of piperidine rings is 1. The first kappa shape index (κ1) is 19.7. The minimum atomic E-state index is -0.344. The predicted octanol–water partition coefficient (Wildman–Crippen LogP) is 3.58.